The minimum Gasteiger partial charge on any atom is -0.348 e. The molecule has 3 atom stereocenters. The minimum atomic E-state index is -0.146. The monoisotopic (exact) mass is 345 g/mol. The third kappa shape index (κ3) is 3.11. The fourth-order valence-corrected chi connectivity index (χ4v) is 4.61. The number of thiophene rings is 1. The molecule has 0 bridgehead atoms. The Hall–Kier alpha value is -1.70. The van der Waals surface area contributed by atoms with E-state index in [4.69, 9.17) is 0 Å². The van der Waals surface area contributed by atoms with E-state index in [0.717, 1.165) is 38.2 Å². The highest BCUT2D eigenvalue weighted by Gasteiger charge is 2.35. The Bertz CT molecular complexity index is 698. The number of rotatable bonds is 3. The number of piperidine rings is 1. The quantitative estimate of drug-likeness (QED) is 0.796. The van der Waals surface area contributed by atoms with E-state index in [2.05, 4.69) is 39.9 Å². The number of carbonyl (C=O) groups is 1. The van der Waals surface area contributed by atoms with Gasteiger partial charge in [-0.3, -0.25) is 4.79 Å². The van der Waals surface area contributed by atoms with E-state index in [1.54, 1.807) is 17.5 Å². The first-order chi connectivity index (χ1) is 11.7. The van der Waals surface area contributed by atoms with Crippen molar-refractivity contribution in [3.63, 3.8) is 0 Å². The summed E-state index contributed by atoms with van der Waals surface area (Å²) in [4.78, 5) is 25.0. The third-order valence-electron chi connectivity index (χ3n) is 4.95. The van der Waals surface area contributed by atoms with Crippen molar-refractivity contribution in [2.24, 2.45) is 0 Å². The van der Waals surface area contributed by atoms with Gasteiger partial charge in [0.05, 0.1) is 6.04 Å². The Labute approximate surface area is 145 Å². The number of amides is 1. The third-order valence-corrected chi connectivity index (χ3v) is 6.06. The van der Waals surface area contributed by atoms with Crippen molar-refractivity contribution in [2.75, 3.05) is 13.1 Å². The zero-order valence-corrected chi connectivity index (χ0v) is 14.6. The minimum absolute atomic E-state index is 0.146. The molecule has 2 aliphatic heterocycles. The largest absolute Gasteiger partial charge is 0.348 e. The van der Waals surface area contributed by atoms with E-state index in [1.807, 2.05) is 11.1 Å². The average Bonchev–Trinajstić information content (AvgIpc) is 3.35. The van der Waals surface area contributed by atoms with Gasteiger partial charge in [0.25, 0.3) is 0 Å². The number of hydrogen-bond donors (Lipinski definition) is 3. The number of aromatic amines is 1. The van der Waals surface area contributed by atoms with Gasteiger partial charge in [-0.1, -0.05) is 0 Å². The van der Waals surface area contributed by atoms with Gasteiger partial charge in [-0.2, -0.15) is 0 Å². The van der Waals surface area contributed by atoms with Crippen LogP contribution in [0.3, 0.4) is 0 Å². The van der Waals surface area contributed by atoms with Gasteiger partial charge in [0.15, 0.2) is 0 Å². The van der Waals surface area contributed by atoms with E-state index in [9.17, 15) is 4.79 Å². The summed E-state index contributed by atoms with van der Waals surface area (Å²) in [5.41, 5.74) is 6.49. The van der Waals surface area contributed by atoms with Crippen LogP contribution in [0.1, 0.15) is 46.8 Å². The number of carbonyl (C=O) groups excluding carboxylic acids is 1. The maximum Gasteiger partial charge on any atom is 0.241 e. The highest BCUT2D eigenvalue weighted by molar-refractivity contribution is 7.12. The van der Waals surface area contributed by atoms with Crippen molar-refractivity contribution >= 4 is 17.2 Å². The van der Waals surface area contributed by atoms with Gasteiger partial charge >= 0.3 is 0 Å². The first kappa shape index (κ1) is 15.8. The number of likely N-dealkylation sites (tertiary alicyclic amines) is 1. The van der Waals surface area contributed by atoms with Crippen LogP contribution in [0.5, 0.6) is 0 Å². The summed E-state index contributed by atoms with van der Waals surface area (Å²) in [6, 6.07) is 4.37. The summed E-state index contributed by atoms with van der Waals surface area (Å²) in [5.74, 6) is 1.52. The maximum absolute atomic E-state index is 12.9. The van der Waals surface area contributed by atoms with E-state index in [-0.39, 0.29) is 18.0 Å². The molecule has 2 aliphatic rings. The van der Waals surface area contributed by atoms with Crippen molar-refractivity contribution in [3.05, 3.63) is 40.1 Å². The molecule has 0 saturated carbocycles. The van der Waals surface area contributed by atoms with E-state index < -0.39 is 0 Å². The lowest BCUT2D eigenvalue weighted by Gasteiger charge is -2.33. The molecule has 0 aromatic carbocycles. The smallest absolute Gasteiger partial charge is 0.241 e. The first-order valence-corrected chi connectivity index (χ1v) is 9.38. The molecule has 3 unspecified atom stereocenters. The van der Waals surface area contributed by atoms with Crippen LogP contribution in [0.4, 0.5) is 0 Å². The normalized spacial score (nSPS) is 27.5. The fraction of sp³-hybridized carbons (Fsp3) is 0.529. The Morgan fingerprint density at radius 3 is 3.04 bits per heavy atom. The molecule has 0 radical (unpaired) electrons. The van der Waals surface area contributed by atoms with Crippen LogP contribution >= 0.6 is 11.3 Å². The molecular formula is C17H23N5OS. The average molecular weight is 345 g/mol. The lowest BCUT2D eigenvalue weighted by Crippen LogP contribution is -2.48. The van der Waals surface area contributed by atoms with Gasteiger partial charge in [0.1, 0.15) is 11.9 Å². The van der Waals surface area contributed by atoms with Crippen LogP contribution in [0, 0.1) is 6.92 Å². The maximum atomic E-state index is 12.9. The molecule has 2 aromatic heterocycles. The summed E-state index contributed by atoms with van der Waals surface area (Å²) in [6.07, 6.45) is 6.56. The SMILES string of the molecule is Cc1ccc(C2CC(C(=O)N3CCCC(c4ncc[nH]4)C3)NN2)s1. The second-order valence-electron chi connectivity index (χ2n) is 6.68. The Balaban J connectivity index is 1.39. The number of aryl methyl sites for hydroxylation is 1. The highest BCUT2D eigenvalue weighted by Crippen LogP contribution is 2.30. The second-order valence-corrected chi connectivity index (χ2v) is 8.00. The molecular weight excluding hydrogens is 322 g/mol. The molecule has 6 nitrogen and oxygen atoms in total. The lowest BCUT2D eigenvalue weighted by molar-refractivity contribution is -0.134. The predicted molar refractivity (Wildman–Crippen MR) is 93.6 cm³/mol. The van der Waals surface area contributed by atoms with E-state index in [0.29, 0.717) is 5.92 Å². The van der Waals surface area contributed by atoms with Crippen LogP contribution < -0.4 is 10.9 Å². The summed E-state index contributed by atoms with van der Waals surface area (Å²) in [5, 5.41) is 0. The van der Waals surface area contributed by atoms with Gasteiger partial charge in [-0.25, -0.2) is 15.8 Å². The van der Waals surface area contributed by atoms with Crippen molar-refractivity contribution in [1.29, 1.82) is 0 Å². The molecule has 0 aliphatic carbocycles. The van der Waals surface area contributed by atoms with Crippen LogP contribution in [0.25, 0.3) is 0 Å². The number of H-pyrrole nitrogens is 1. The molecule has 0 spiro atoms. The lowest BCUT2D eigenvalue weighted by atomic mass is 9.96. The first-order valence-electron chi connectivity index (χ1n) is 8.56. The molecule has 2 aromatic rings. The fourth-order valence-electron chi connectivity index (χ4n) is 3.67. The van der Waals surface area contributed by atoms with Crippen molar-refractivity contribution in [3.8, 4) is 0 Å². The van der Waals surface area contributed by atoms with Gasteiger partial charge < -0.3 is 9.88 Å². The van der Waals surface area contributed by atoms with Crippen molar-refractivity contribution in [1.82, 2.24) is 25.7 Å². The molecule has 7 heteroatoms. The Morgan fingerprint density at radius 2 is 2.29 bits per heavy atom. The topological polar surface area (TPSA) is 73.0 Å². The molecule has 1 amide bonds. The molecule has 4 heterocycles. The molecule has 24 heavy (non-hydrogen) atoms. The van der Waals surface area contributed by atoms with Gasteiger partial charge in [-0.05, 0) is 38.3 Å². The number of nitrogens with one attached hydrogen (secondary N) is 3. The molecule has 2 saturated heterocycles. The van der Waals surface area contributed by atoms with Crippen LogP contribution in [0.15, 0.2) is 24.5 Å². The highest BCUT2D eigenvalue weighted by atomic mass is 32.1. The molecule has 4 rings (SSSR count). The van der Waals surface area contributed by atoms with Crippen molar-refractivity contribution < 1.29 is 4.79 Å². The summed E-state index contributed by atoms with van der Waals surface area (Å²) < 4.78 is 0. The van der Waals surface area contributed by atoms with E-state index >= 15 is 0 Å². The van der Waals surface area contributed by atoms with Crippen LogP contribution in [-0.4, -0.2) is 39.9 Å². The zero-order chi connectivity index (χ0) is 16.5. The number of aromatic nitrogens is 2. The number of nitrogens with zero attached hydrogens (tertiary/aromatic N) is 2. The van der Waals surface area contributed by atoms with Gasteiger partial charge in [0.2, 0.25) is 5.91 Å². The predicted octanol–water partition coefficient (Wildman–Crippen LogP) is 2.09. The summed E-state index contributed by atoms with van der Waals surface area (Å²) in [6.45, 7) is 3.71. The van der Waals surface area contributed by atoms with Crippen LogP contribution in [-0.2, 0) is 4.79 Å². The summed E-state index contributed by atoms with van der Waals surface area (Å²) in [7, 11) is 0. The molecule has 128 valence electrons. The standard InChI is InChI=1S/C17H23N5OS/c1-11-4-5-15(24-11)13-9-14(21-20-13)17(23)22-8-2-3-12(10-22)16-18-6-7-19-16/h4-7,12-14,20-21H,2-3,8-10H2,1H3,(H,18,19). The van der Waals surface area contributed by atoms with Crippen LogP contribution in [0.2, 0.25) is 0 Å². The Kier molecular flexibility index (Phi) is 4.39. The number of hydrazine groups is 1. The van der Waals surface area contributed by atoms with Gasteiger partial charge in [0, 0.05) is 41.2 Å². The van der Waals surface area contributed by atoms with E-state index in [1.165, 1.54) is 9.75 Å². The number of hydrogen-bond acceptors (Lipinski definition) is 5. The second kappa shape index (κ2) is 6.66. The molecule has 3 N–H and O–H groups in total. The zero-order valence-electron chi connectivity index (χ0n) is 13.8. The Morgan fingerprint density at radius 1 is 1.38 bits per heavy atom. The number of imidazole rings is 1. The summed E-state index contributed by atoms with van der Waals surface area (Å²) >= 11 is 1.79. The van der Waals surface area contributed by atoms with Crippen molar-refractivity contribution in [2.45, 2.75) is 44.2 Å². The van der Waals surface area contributed by atoms with Gasteiger partial charge in [-0.15, -0.1) is 11.3 Å². The molecule has 2 fully saturated rings.